The minimum atomic E-state index is -4.42. The maximum atomic E-state index is 12.1. The van der Waals surface area contributed by atoms with Gasteiger partial charge in [0.25, 0.3) is 0 Å². The van der Waals surface area contributed by atoms with Gasteiger partial charge in [-0.3, -0.25) is 0 Å². The summed E-state index contributed by atoms with van der Waals surface area (Å²) in [7, 11) is 0. The molecule has 0 aliphatic heterocycles. The highest BCUT2D eigenvalue weighted by atomic mass is 32.1. The summed E-state index contributed by atoms with van der Waals surface area (Å²) in [5, 5.41) is 8.48. The standard InChI is InChI=1S/C7H11F3N4S/c1-4(2-3-11)12-6-14-13-5(15-6)7(8,9)10/h4H,2-3,11H2,1H3,(H,12,14). The van der Waals surface area contributed by atoms with E-state index >= 15 is 0 Å². The Kier molecular flexibility index (Phi) is 3.86. The van der Waals surface area contributed by atoms with E-state index in [0.717, 1.165) is 0 Å². The lowest BCUT2D eigenvalue weighted by Gasteiger charge is -2.09. The van der Waals surface area contributed by atoms with Gasteiger partial charge in [0.2, 0.25) is 10.1 Å². The van der Waals surface area contributed by atoms with E-state index in [4.69, 9.17) is 5.73 Å². The third-order valence-electron chi connectivity index (χ3n) is 1.64. The number of nitrogens with zero attached hydrogens (tertiary/aromatic N) is 2. The summed E-state index contributed by atoms with van der Waals surface area (Å²) in [4.78, 5) is 0. The van der Waals surface area contributed by atoms with Crippen LogP contribution < -0.4 is 11.1 Å². The van der Waals surface area contributed by atoms with Gasteiger partial charge in [-0.2, -0.15) is 13.2 Å². The van der Waals surface area contributed by atoms with E-state index in [1.807, 2.05) is 6.92 Å². The first-order valence-corrected chi connectivity index (χ1v) is 5.12. The van der Waals surface area contributed by atoms with Crippen molar-refractivity contribution >= 4 is 16.5 Å². The highest BCUT2D eigenvalue weighted by Crippen LogP contribution is 2.33. The third-order valence-corrected chi connectivity index (χ3v) is 2.54. The van der Waals surface area contributed by atoms with E-state index in [-0.39, 0.29) is 11.2 Å². The first-order chi connectivity index (χ1) is 6.93. The van der Waals surface area contributed by atoms with Crippen molar-refractivity contribution in [3.8, 4) is 0 Å². The van der Waals surface area contributed by atoms with Crippen LogP contribution in [0.1, 0.15) is 18.4 Å². The molecule has 0 saturated heterocycles. The van der Waals surface area contributed by atoms with Crippen LogP contribution in [-0.2, 0) is 6.18 Å². The molecular formula is C7H11F3N4S. The summed E-state index contributed by atoms with van der Waals surface area (Å²) >= 11 is 0.495. The molecule has 15 heavy (non-hydrogen) atoms. The fourth-order valence-corrected chi connectivity index (χ4v) is 1.65. The smallest absolute Gasteiger partial charge is 0.358 e. The molecule has 0 bridgehead atoms. The van der Waals surface area contributed by atoms with Gasteiger partial charge in [-0.15, -0.1) is 10.2 Å². The number of alkyl halides is 3. The number of nitrogens with one attached hydrogen (secondary N) is 1. The minimum Gasteiger partial charge on any atom is -0.358 e. The van der Waals surface area contributed by atoms with Gasteiger partial charge < -0.3 is 11.1 Å². The van der Waals surface area contributed by atoms with E-state index < -0.39 is 11.2 Å². The van der Waals surface area contributed by atoms with Gasteiger partial charge in [0.15, 0.2) is 0 Å². The van der Waals surface area contributed by atoms with Crippen molar-refractivity contribution in [3.05, 3.63) is 5.01 Å². The SMILES string of the molecule is CC(CCN)Nc1nnc(C(F)(F)F)s1. The molecule has 0 radical (unpaired) electrons. The van der Waals surface area contributed by atoms with Crippen LogP contribution in [0.2, 0.25) is 0 Å². The predicted octanol–water partition coefficient (Wildman–Crippen LogP) is 1.71. The van der Waals surface area contributed by atoms with Gasteiger partial charge in [-0.25, -0.2) is 0 Å². The fraction of sp³-hybridized carbons (Fsp3) is 0.714. The molecule has 1 aromatic heterocycles. The molecule has 0 spiro atoms. The van der Waals surface area contributed by atoms with Crippen molar-refractivity contribution < 1.29 is 13.2 Å². The van der Waals surface area contributed by atoms with Crippen molar-refractivity contribution in [3.63, 3.8) is 0 Å². The molecule has 1 heterocycles. The van der Waals surface area contributed by atoms with Crippen LogP contribution in [0.25, 0.3) is 0 Å². The maximum absolute atomic E-state index is 12.1. The molecule has 4 nitrogen and oxygen atoms in total. The first kappa shape index (κ1) is 12.2. The fourth-order valence-electron chi connectivity index (χ4n) is 0.929. The second kappa shape index (κ2) is 4.75. The Morgan fingerprint density at radius 3 is 2.60 bits per heavy atom. The number of hydrogen-bond acceptors (Lipinski definition) is 5. The zero-order chi connectivity index (χ0) is 11.5. The summed E-state index contributed by atoms with van der Waals surface area (Å²) < 4.78 is 36.4. The molecule has 8 heteroatoms. The zero-order valence-corrected chi connectivity index (χ0v) is 8.82. The topological polar surface area (TPSA) is 63.8 Å². The van der Waals surface area contributed by atoms with Crippen LogP contribution in [-0.4, -0.2) is 22.8 Å². The average Bonchev–Trinajstić information content (AvgIpc) is 2.52. The van der Waals surface area contributed by atoms with E-state index in [9.17, 15) is 13.2 Å². The van der Waals surface area contributed by atoms with Gasteiger partial charge >= 0.3 is 6.18 Å². The Balaban J connectivity index is 2.61. The maximum Gasteiger partial charge on any atom is 0.445 e. The second-order valence-electron chi connectivity index (χ2n) is 3.03. The van der Waals surface area contributed by atoms with Crippen LogP contribution in [0.4, 0.5) is 18.3 Å². The molecule has 0 fully saturated rings. The monoisotopic (exact) mass is 240 g/mol. The van der Waals surface area contributed by atoms with Crippen LogP contribution in [0.5, 0.6) is 0 Å². The quantitative estimate of drug-likeness (QED) is 0.840. The third kappa shape index (κ3) is 3.63. The van der Waals surface area contributed by atoms with Crippen molar-refractivity contribution in [1.29, 1.82) is 0 Å². The number of anilines is 1. The summed E-state index contributed by atoms with van der Waals surface area (Å²) in [6.07, 6.45) is -3.75. The molecule has 0 amide bonds. The van der Waals surface area contributed by atoms with Gasteiger partial charge in [-0.05, 0) is 19.9 Å². The average molecular weight is 240 g/mol. The van der Waals surface area contributed by atoms with Gasteiger partial charge in [0.05, 0.1) is 0 Å². The molecule has 0 aromatic carbocycles. The molecule has 1 unspecified atom stereocenters. The summed E-state index contributed by atoms with van der Waals surface area (Å²) in [6, 6.07) is -0.0102. The van der Waals surface area contributed by atoms with Gasteiger partial charge in [0.1, 0.15) is 0 Å². The Hall–Kier alpha value is -0.890. The molecule has 3 N–H and O–H groups in total. The van der Waals surface area contributed by atoms with E-state index in [2.05, 4.69) is 15.5 Å². The summed E-state index contributed by atoms with van der Waals surface area (Å²) in [5.41, 5.74) is 5.30. The first-order valence-electron chi connectivity index (χ1n) is 4.30. The lowest BCUT2D eigenvalue weighted by molar-refractivity contribution is -0.138. The van der Waals surface area contributed by atoms with Crippen LogP contribution >= 0.6 is 11.3 Å². The van der Waals surface area contributed by atoms with Gasteiger partial charge in [0, 0.05) is 6.04 Å². The summed E-state index contributed by atoms with van der Waals surface area (Å²) in [6.45, 7) is 2.29. The van der Waals surface area contributed by atoms with E-state index in [1.54, 1.807) is 0 Å². The number of nitrogens with two attached hydrogens (primary N) is 1. The number of aromatic nitrogens is 2. The van der Waals surface area contributed by atoms with E-state index in [1.165, 1.54) is 0 Å². The van der Waals surface area contributed by atoms with Crippen molar-refractivity contribution in [2.75, 3.05) is 11.9 Å². The Morgan fingerprint density at radius 1 is 1.47 bits per heavy atom. The molecule has 0 aliphatic carbocycles. The Bertz CT molecular complexity index is 311. The zero-order valence-electron chi connectivity index (χ0n) is 8.01. The molecule has 1 atom stereocenters. The lowest BCUT2D eigenvalue weighted by Crippen LogP contribution is -2.19. The van der Waals surface area contributed by atoms with E-state index in [0.29, 0.717) is 24.3 Å². The van der Waals surface area contributed by atoms with Crippen molar-refractivity contribution in [2.24, 2.45) is 5.73 Å². The molecular weight excluding hydrogens is 229 g/mol. The van der Waals surface area contributed by atoms with Crippen LogP contribution in [0.3, 0.4) is 0 Å². The highest BCUT2D eigenvalue weighted by Gasteiger charge is 2.35. The largest absolute Gasteiger partial charge is 0.445 e. The second-order valence-corrected chi connectivity index (χ2v) is 4.01. The van der Waals surface area contributed by atoms with Crippen LogP contribution in [0, 0.1) is 0 Å². The lowest BCUT2D eigenvalue weighted by atomic mass is 10.2. The molecule has 0 aliphatic rings. The summed E-state index contributed by atoms with van der Waals surface area (Å²) in [5.74, 6) is 0. The molecule has 1 rings (SSSR count). The van der Waals surface area contributed by atoms with Crippen molar-refractivity contribution in [1.82, 2.24) is 10.2 Å². The minimum absolute atomic E-state index is 0.0102. The Labute approximate surface area is 88.7 Å². The van der Waals surface area contributed by atoms with Crippen molar-refractivity contribution in [2.45, 2.75) is 25.6 Å². The normalized spacial score (nSPS) is 13.9. The predicted molar refractivity (Wildman–Crippen MR) is 51.7 cm³/mol. The number of rotatable bonds is 4. The van der Waals surface area contributed by atoms with Crippen LogP contribution in [0.15, 0.2) is 0 Å². The molecule has 1 aromatic rings. The Morgan fingerprint density at radius 2 is 2.13 bits per heavy atom. The van der Waals surface area contributed by atoms with Gasteiger partial charge in [-0.1, -0.05) is 11.3 Å². The highest BCUT2D eigenvalue weighted by molar-refractivity contribution is 7.15. The number of hydrogen-bond donors (Lipinski definition) is 2. The number of halogens is 3. The molecule has 86 valence electrons. The molecule has 0 saturated carbocycles.